The minimum absolute atomic E-state index is 0.0565. The number of benzene rings is 1. The maximum Gasteiger partial charge on any atom is 0.338 e. The molecule has 0 amide bonds. The minimum Gasteiger partial charge on any atom is -0.455 e. The highest BCUT2D eigenvalue weighted by molar-refractivity contribution is 5.94. The first kappa shape index (κ1) is 28.8. The van der Waals surface area contributed by atoms with Gasteiger partial charge in [0.2, 0.25) is 0 Å². The van der Waals surface area contributed by atoms with Gasteiger partial charge in [-0.1, -0.05) is 32.0 Å². The lowest BCUT2D eigenvalue weighted by Crippen LogP contribution is -2.83. The molecular weight excluding hydrogens is 524 g/mol. The number of hydrogen-bond acceptors (Lipinski definition) is 11. The topological polar surface area (TPSA) is 180 Å². The Morgan fingerprint density at radius 2 is 1.68 bits per heavy atom. The predicted octanol–water partition coefficient (Wildman–Crippen LogP) is 0.0526. The van der Waals surface area contributed by atoms with Crippen LogP contribution in [0.15, 0.2) is 41.5 Å². The molecule has 1 unspecified atom stereocenters. The van der Waals surface area contributed by atoms with Gasteiger partial charge >= 0.3 is 11.9 Å². The van der Waals surface area contributed by atoms with Crippen LogP contribution >= 0.6 is 0 Å². The number of ketones is 1. The van der Waals surface area contributed by atoms with E-state index in [1.807, 2.05) is 0 Å². The molecule has 0 radical (unpaired) electrons. The zero-order valence-electron chi connectivity index (χ0n) is 23.0. The molecule has 218 valence electrons. The van der Waals surface area contributed by atoms with E-state index in [-0.39, 0.29) is 29.7 Å². The Bertz CT molecular complexity index is 1270. The maximum absolute atomic E-state index is 14.3. The third kappa shape index (κ3) is 3.48. The number of fused-ring (bicyclic) bond motifs is 5. The molecule has 2 bridgehead atoms. The Labute approximate surface area is 231 Å². The molecule has 3 aliphatic carbocycles. The van der Waals surface area contributed by atoms with Gasteiger partial charge in [-0.15, -0.1) is 0 Å². The fraction of sp³-hybridized carbons (Fsp3) is 0.621. The van der Waals surface area contributed by atoms with Crippen LogP contribution in [-0.4, -0.2) is 97.7 Å². The molecule has 10 atom stereocenters. The van der Waals surface area contributed by atoms with Gasteiger partial charge in [0.05, 0.1) is 29.6 Å². The Morgan fingerprint density at radius 3 is 2.23 bits per heavy atom. The first-order valence-electron chi connectivity index (χ1n) is 13.3. The monoisotopic (exact) mass is 560 g/mol. The number of esters is 2. The summed E-state index contributed by atoms with van der Waals surface area (Å²) in [6, 6.07) is 7.83. The van der Waals surface area contributed by atoms with Crippen molar-refractivity contribution in [3.63, 3.8) is 0 Å². The van der Waals surface area contributed by atoms with Gasteiger partial charge in [0.15, 0.2) is 11.4 Å². The highest BCUT2D eigenvalue weighted by Gasteiger charge is 2.79. The first-order valence-corrected chi connectivity index (χ1v) is 13.3. The second-order valence-electron chi connectivity index (χ2n) is 12.3. The fourth-order valence-electron chi connectivity index (χ4n) is 7.79. The van der Waals surface area contributed by atoms with Crippen LogP contribution in [0.2, 0.25) is 0 Å². The van der Waals surface area contributed by atoms with Crippen LogP contribution in [0.3, 0.4) is 0 Å². The molecule has 3 fully saturated rings. The highest BCUT2D eigenvalue weighted by Crippen LogP contribution is 2.63. The number of hydrogen-bond donors (Lipinski definition) is 5. The number of carbonyl (C=O) groups is 3. The molecule has 1 aliphatic heterocycles. The Hall–Kier alpha value is -2.67. The van der Waals surface area contributed by atoms with E-state index in [0.29, 0.717) is 0 Å². The summed E-state index contributed by atoms with van der Waals surface area (Å²) in [7, 11) is 0. The van der Waals surface area contributed by atoms with E-state index in [1.165, 1.54) is 39.8 Å². The lowest BCUT2D eigenvalue weighted by molar-refractivity contribution is -0.352. The number of rotatable bonds is 3. The second-order valence-corrected chi connectivity index (χ2v) is 12.3. The van der Waals surface area contributed by atoms with E-state index in [2.05, 4.69) is 0 Å². The standard InChI is InChI=1S/C29H36O11/c1-13-18-20(33)22(34)27(5)16(31)11-17-28(12-38-17,40-14(2)30)21(27)24(39-25(36)15-9-7-6-8-10-15)29(37,26(18,3)4)23(35)19(13)32/h6-10,16-17,19-21,23-24,31-33,35,37H,11-12H2,1-5H3/t16-,17+,19+,20+,21?,23-,24-,27+,28-,29+/m0/s1. The van der Waals surface area contributed by atoms with Crippen molar-refractivity contribution in [3.05, 3.63) is 47.0 Å². The van der Waals surface area contributed by atoms with Gasteiger partial charge in [-0.05, 0) is 37.1 Å². The lowest BCUT2D eigenvalue weighted by atomic mass is 9.44. The minimum atomic E-state index is -2.55. The Kier molecular flexibility index (Phi) is 6.61. The summed E-state index contributed by atoms with van der Waals surface area (Å²) < 4.78 is 17.5. The average molecular weight is 561 g/mol. The van der Waals surface area contributed by atoms with Crippen LogP contribution in [0.1, 0.15) is 51.4 Å². The van der Waals surface area contributed by atoms with Gasteiger partial charge in [0, 0.05) is 18.8 Å². The summed E-state index contributed by atoms with van der Waals surface area (Å²) in [6.45, 7) is 6.63. The van der Waals surface area contributed by atoms with Crippen molar-refractivity contribution in [2.24, 2.45) is 16.7 Å². The molecule has 4 aliphatic rings. The van der Waals surface area contributed by atoms with Crippen LogP contribution in [-0.2, 0) is 23.8 Å². The average Bonchev–Trinajstić information content (AvgIpc) is 2.90. The van der Waals surface area contributed by atoms with Crippen molar-refractivity contribution in [1.29, 1.82) is 0 Å². The number of carbonyl (C=O) groups excluding carboxylic acids is 3. The van der Waals surface area contributed by atoms with Crippen LogP contribution in [0.25, 0.3) is 0 Å². The van der Waals surface area contributed by atoms with Gasteiger partial charge in [-0.2, -0.15) is 0 Å². The fourth-order valence-corrected chi connectivity index (χ4v) is 7.79. The van der Waals surface area contributed by atoms with Crippen LogP contribution in [0, 0.1) is 16.7 Å². The van der Waals surface area contributed by atoms with Gasteiger partial charge < -0.3 is 39.7 Å². The van der Waals surface area contributed by atoms with Crippen LogP contribution < -0.4 is 0 Å². The summed E-state index contributed by atoms with van der Waals surface area (Å²) in [5, 5.41) is 58.3. The summed E-state index contributed by atoms with van der Waals surface area (Å²) in [4.78, 5) is 40.3. The first-order chi connectivity index (χ1) is 18.6. The van der Waals surface area contributed by atoms with Gasteiger partial charge in [-0.3, -0.25) is 9.59 Å². The van der Waals surface area contributed by atoms with Crippen molar-refractivity contribution < 1.29 is 54.1 Å². The van der Waals surface area contributed by atoms with E-state index >= 15 is 0 Å². The predicted molar refractivity (Wildman–Crippen MR) is 137 cm³/mol. The van der Waals surface area contributed by atoms with Crippen molar-refractivity contribution in [2.75, 3.05) is 6.61 Å². The normalized spacial score (nSPS) is 43.9. The van der Waals surface area contributed by atoms with E-state index in [9.17, 15) is 39.9 Å². The van der Waals surface area contributed by atoms with Crippen molar-refractivity contribution in [1.82, 2.24) is 0 Å². The number of aliphatic hydroxyl groups is 5. The third-order valence-corrected chi connectivity index (χ3v) is 10.0. The SMILES string of the molecule is CC(=O)O[C@@]12CO[C@@H]1C[C@H](O)[C@@]1(C)C(=O)[C@H](O)C3=C(C)[C@@H](O)[C@H](O)[C@@](O)([C@@H](OC(=O)c4ccccc4)C12)C3(C)C. The molecule has 11 heteroatoms. The lowest BCUT2D eigenvalue weighted by Gasteiger charge is -2.67. The molecule has 1 aromatic rings. The molecule has 1 heterocycles. The molecule has 40 heavy (non-hydrogen) atoms. The van der Waals surface area contributed by atoms with E-state index in [4.69, 9.17) is 14.2 Å². The second kappa shape index (κ2) is 9.17. The van der Waals surface area contributed by atoms with Gasteiger partial charge in [-0.25, -0.2) is 4.79 Å². The molecule has 2 saturated carbocycles. The molecule has 1 aromatic carbocycles. The highest BCUT2D eigenvalue weighted by atomic mass is 16.6. The molecular formula is C29H36O11. The summed E-state index contributed by atoms with van der Waals surface area (Å²) in [5.74, 6) is -4.04. The maximum atomic E-state index is 14.3. The van der Waals surface area contributed by atoms with E-state index in [0.717, 1.165) is 6.92 Å². The molecule has 0 aromatic heterocycles. The Morgan fingerprint density at radius 1 is 1.05 bits per heavy atom. The van der Waals surface area contributed by atoms with Crippen molar-refractivity contribution >= 4 is 17.7 Å². The largest absolute Gasteiger partial charge is 0.455 e. The zero-order valence-corrected chi connectivity index (χ0v) is 23.0. The van der Waals surface area contributed by atoms with Gasteiger partial charge in [0.25, 0.3) is 0 Å². The van der Waals surface area contributed by atoms with Crippen molar-refractivity contribution in [2.45, 2.75) is 88.9 Å². The Balaban J connectivity index is 1.85. The zero-order chi connectivity index (χ0) is 29.6. The number of Topliss-reactive ketones (excluding diaryl/α,β-unsaturated/α-hetero) is 1. The molecule has 1 saturated heterocycles. The van der Waals surface area contributed by atoms with Crippen LogP contribution in [0.5, 0.6) is 0 Å². The molecule has 0 spiro atoms. The molecule has 11 nitrogen and oxygen atoms in total. The molecule has 5 rings (SSSR count). The number of ether oxygens (including phenoxy) is 3. The summed E-state index contributed by atoms with van der Waals surface area (Å²) in [5.41, 5.74) is -7.76. The van der Waals surface area contributed by atoms with E-state index < -0.39 is 82.3 Å². The summed E-state index contributed by atoms with van der Waals surface area (Å²) in [6.07, 6.45) is -10.1. The molecule has 5 N–H and O–H groups in total. The van der Waals surface area contributed by atoms with E-state index in [1.54, 1.807) is 18.2 Å². The van der Waals surface area contributed by atoms with Gasteiger partial charge in [0.1, 0.15) is 36.1 Å². The van der Waals surface area contributed by atoms with Crippen LogP contribution in [0.4, 0.5) is 0 Å². The number of aliphatic hydroxyl groups excluding tert-OH is 4. The smallest absolute Gasteiger partial charge is 0.338 e. The summed E-state index contributed by atoms with van der Waals surface area (Å²) >= 11 is 0. The third-order valence-electron chi connectivity index (χ3n) is 10.0. The quantitative estimate of drug-likeness (QED) is 0.249. The van der Waals surface area contributed by atoms with Crippen molar-refractivity contribution in [3.8, 4) is 0 Å².